The fourth-order valence-corrected chi connectivity index (χ4v) is 3.65. The summed E-state index contributed by atoms with van der Waals surface area (Å²) < 4.78 is 11.7. The summed E-state index contributed by atoms with van der Waals surface area (Å²) in [5.41, 5.74) is 10.2. The predicted molar refractivity (Wildman–Crippen MR) is 76.1 cm³/mol. The van der Waals surface area contributed by atoms with Crippen molar-refractivity contribution < 1.29 is 9.47 Å². The van der Waals surface area contributed by atoms with E-state index in [1.165, 1.54) is 42.4 Å². The highest BCUT2D eigenvalue weighted by Crippen LogP contribution is 2.50. The van der Waals surface area contributed by atoms with Crippen molar-refractivity contribution in [3.05, 3.63) is 22.8 Å². The van der Waals surface area contributed by atoms with E-state index in [9.17, 15) is 0 Å². The number of fused-ring (bicyclic) bond motifs is 1. The smallest absolute Gasteiger partial charge is 0.165 e. The third-order valence-electron chi connectivity index (χ3n) is 4.83. The van der Waals surface area contributed by atoms with Crippen LogP contribution >= 0.6 is 0 Å². The lowest BCUT2D eigenvalue weighted by Crippen LogP contribution is -2.34. The molecule has 0 saturated heterocycles. The Labute approximate surface area is 115 Å². The fraction of sp³-hybridized carbons (Fsp3) is 0.625. The summed E-state index contributed by atoms with van der Waals surface area (Å²) in [6.07, 6.45) is 4.87. The van der Waals surface area contributed by atoms with Crippen LogP contribution < -0.4 is 15.2 Å². The molecule has 1 aromatic carbocycles. The van der Waals surface area contributed by atoms with E-state index >= 15 is 0 Å². The monoisotopic (exact) mass is 261 g/mol. The normalized spacial score (nSPS) is 20.6. The maximum absolute atomic E-state index is 6.16. The van der Waals surface area contributed by atoms with Crippen molar-refractivity contribution in [3.63, 3.8) is 0 Å². The van der Waals surface area contributed by atoms with Crippen molar-refractivity contribution in [2.24, 2.45) is 5.73 Å². The highest BCUT2D eigenvalue weighted by atomic mass is 16.6. The summed E-state index contributed by atoms with van der Waals surface area (Å²) in [7, 11) is 0. The van der Waals surface area contributed by atoms with Crippen LogP contribution in [0.2, 0.25) is 0 Å². The molecule has 0 amide bonds. The van der Waals surface area contributed by atoms with Gasteiger partial charge in [-0.1, -0.05) is 12.8 Å². The van der Waals surface area contributed by atoms with Gasteiger partial charge < -0.3 is 15.2 Å². The van der Waals surface area contributed by atoms with Crippen LogP contribution in [-0.4, -0.2) is 19.8 Å². The largest absolute Gasteiger partial charge is 0.486 e. The van der Waals surface area contributed by atoms with Gasteiger partial charge in [0.05, 0.1) is 0 Å². The van der Waals surface area contributed by atoms with Gasteiger partial charge in [0, 0.05) is 17.5 Å². The Morgan fingerprint density at radius 3 is 2.53 bits per heavy atom. The Hall–Kier alpha value is -1.22. The molecule has 2 aliphatic rings. The molecule has 1 aliphatic carbocycles. The van der Waals surface area contributed by atoms with E-state index in [0.717, 1.165) is 11.5 Å². The van der Waals surface area contributed by atoms with Gasteiger partial charge in [-0.05, 0) is 43.9 Å². The molecular formula is C16H23NO2. The SMILES string of the molecule is Cc1cc2c(c(C3(CN)CCCC3)c1C)OCCO2. The molecule has 0 unspecified atom stereocenters. The van der Waals surface area contributed by atoms with Crippen LogP contribution in [0.3, 0.4) is 0 Å². The first-order valence-corrected chi connectivity index (χ1v) is 7.28. The third-order valence-corrected chi connectivity index (χ3v) is 4.83. The second-order valence-electron chi connectivity index (χ2n) is 5.91. The Bertz CT molecular complexity index is 490. The van der Waals surface area contributed by atoms with Crippen LogP contribution in [0.5, 0.6) is 11.5 Å². The summed E-state index contributed by atoms with van der Waals surface area (Å²) in [6.45, 7) is 6.33. The van der Waals surface area contributed by atoms with E-state index in [0.29, 0.717) is 19.8 Å². The summed E-state index contributed by atoms with van der Waals surface area (Å²) in [4.78, 5) is 0. The second-order valence-corrected chi connectivity index (χ2v) is 5.91. The molecule has 0 bridgehead atoms. The maximum atomic E-state index is 6.16. The molecule has 104 valence electrons. The van der Waals surface area contributed by atoms with Crippen molar-refractivity contribution >= 4 is 0 Å². The summed E-state index contributed by atoms with van der Waals surface area (Å²) >= 11 is 0. The van der Waals surface area contributed by atoms with Crippen LogP contribution in [0.25, 0.3) is 0 Å². The Balaban J connectivity index is 2.21. The quantitative estimate of drug-likeness (QED) is 0.890. The highest BCUT2D eigenvalue weighted by Gasteiger charge is 2.39. The third kappa shape index (κ3) is 1.91. The number of rotatable bonds is 2. The molecule has 3 nitrogen and oxygen atoms in total. The first-order valence-electron chi connectivity index (χ1n) is 7.28. The molecule has 0 aromatic heterocycles. The van der Waals surface area contributed by atoms with Crippen molar-refractivity contribution in [1.82, 2.24) is 0 Å². The predicted octanol–water partition coefficient (Wildman–Crippen LogP) is 2.85. The molecule has 0 radical (unpaired) electrons. The highest BCUT2D eigenvalue weighted by molar-refractivity contribution is 5.58. The second kappa shape index (κ2) is 4.71. The summed E-state index contributed by atoms with van der Waals surface area (Å²) in [5, 5.41) is 0. The van der Waals surface area contributed by atoms with E-state index in [1.807, 2.05) is 0 Å². The minimum Gasteiger partial charge on any atom is -0.486 e. The van der Waals surface area contributed by atoms with Crippen LogP contribution in [-0.2, 0) is 5.41 Å². The molecular weight excluding hydrogens is 238 g/mol. The van der Waals surface area contributed by atoms with Crippen LogP contribution in [0.1, 0.15) is 42.4 Å². The molecule has 19 heavy (non-hydrogen) atoms. The number of aryl methyl sites for hydroxylation is 1. The number of benzene rings is 1. The lowest BCUT2D eigenvalue weighted by atomic mass is 9.75. The Morgan fingerprint density at radius 1 is 1.16 bits per heavy atom. The van der Waals surface area contributed by atoms with Gasteiger partial charge in [0.25, 0.3) is 0 Å². The van der Waals surface area contributed by atoms with Gasteiger partial charge in [-0.2, -0.15) is 0 Å². The topological polar surface area (TPSA) is 44.5 Å². The van der Waals surface area contributed by atoms with Gasteiger partial charge in [-0.25, -0.2) is 0 Å². The lowest BCUT2D eigenvalue weighted by Gasteiger charge is -2.34. The van der Waals surface area contributed by atoms with E-state index in [2.05, 4.69) is 19.9 Å². The van der Waals surface area contributed by atoms with Crippen molar-refractivity contribution in [1.29, 1.82) is 0 Å². The fourth-order valence-electron chi connectivity index (χ4n) is 3.65. The van der Waals surface area contributed by atoms with E-state index in [1.54, 1.807) is 0 Å². The average molecular weight is 261 g/mol. The number of ether oxygens (including phenoxy) is 2. The van der Waals surface area contributed by atoms with Gasteiger partial charge in [0.1, 0.15) is 13.2 Å². The Morgan fingerprint density at radius 2 is 1.84 bits per heavy atom. The van der Waals surface area contributed by atoms with E-state index < -0.39 is 0 Å². The molecule has 1 fully saturated rings. The minimum atomic E-state index is 0.0981. The molecule has 0 atom stereocenters. The molecule has 2 N–H and O–H groups in total. The summed E-state index contributed by atoms with van der Waals surface area (Å²) in [5.74, 6) is 1.87. The molecule has 0 spiro atoms. The molecule has 3 rings (SSSR count). The van der Waals surface area contributed by atoms with Crippen molar-refractivity contribution in [3.8, 4) is 11.5 Å². The molecule has 1 saturated carbocycles. The summed E-state index contributed by atoms with van der Waals surface area (Å²) in [6, 6.07) is 2.10. The molecule has 1 heterocycles. The first kappa shape index (κ1) is 12.8. The van der Waals surface area contributed by atoms with Crippen molar-refractivity contribution in [2.45, 2.75) is 44.9 Å². The molecule has 3 heteroatoms. The average Bonchev–Trinajstić information content (AvgIpc) is 2.90. The van der Waals surface area contributed by atoms with Gasteiger partial charge in [0.15, 0.2) is 11.5 Å². The van der Waals surface area contributed by atoms with E-state index in [-0.39, 0.29) is 5.41 Å². The maximum Gasteiger partial charge on any atom is 0.165 e. The molecule has 1 aromatic rings. The van der Waals surface area contributed by atoms with Gasteiger partial charge in [-0.15, -0.1) is 0 Å². The van der Waals surface area contributed by atoms with Crippen LogP contribution in [0.4, 0.5) is 0 Å². The Kier molecular flexibility index (Phi) is 3.17. The standard InChI is InChI=1S/C16H23NO2/c1-11-9-13-15(19-8-7-18-13)14(12(11)2)16(10-17)5-3-4-6-16/h9H,3-8,10,17H2,1-2H3. The van der Waals surface area contributed by atoms with Gasteiger partial charge in [0.2, 0.25) is 0 Å². The zero-order valence-corrected chi connectivity index (χ0v) is 11.9. The lowest BCUT2D eigenvalue weighted by molar-refractivity contribution is 0.166. The minimum absolute atomic E-state index is 0.0981. The van der Waals surface area contributed by atoms with Crippen LogP contribution in [0, 0.1) is 13.8 Å². The first-order chi connectivity index (χ1) is 9.18. The van der Waals surface area contributed by atoms with Gasteiger partial charge in [-0.3, -0.25) is 0 Å². The zero-order chi connectivity index (χ0) is 13.5. The van der Waals surface area contributed by atoms with E-state index in [4.69, 9.17) is 15.2 Å². The molecule has 1 aliphatic heterocycles. The zero-order valence-electron chi connectivity index (χ0n) is 11.9. The number of hydrogen-bond donors (Lipinski definition) is 1. The number of nitrogens with two attached hydrogens (primary N) is 1. The van der Waals surface area contributed by atoms with Gasteiger partial charge >= 0.3 is 0 Å². The number of hydrogen-bond acceptors (Lipinski definition) is 3. The van der Waals surface area contributed by atoms with Crippen LogP contribution in [0.15, 0.2) is 6.07 Å². The van der Waals surface area contributed by atoms with Crippen molar-refractivity contribution in [2.75, 3.05) is 19.8 Å².